The highest BCUT2D eigenvalue weighted by Gasteiger charge is 2.40. The number of nitrogens with zero attached hydrogens (tertiary/aromatic N) is 1. The number of carbonyl (C=O) groups excluding carboxylic acids is 2. The number of likely N-dealkylation sites (tertiary alicyclic amines) is 1. The van der Waals surface area contributed by atoms with E-state index in [2.05, 4.69) is 0 Å². The summed E-state index contributed by atoms with van der Waals surface area (Å²) in [5.41, 5.74) is 0. The van der Waals surface area contributed by atoms with Gasteiger partial charge in [-0.05, 0) is 20.3 Å². The minimum absolute atomic E-state index is 0.0218. The third kappa shape index (κ3) is 1.89. The molecular formula is C10H17NO3. The average molecular weight is 199 g/mol. The van der Waals surface area contributed by atoms with Crippen molar-refractivity contribution in [2.45, 2.75) is 45.7 Å². The second-order valence-corrected chi connectivity index (χ2v) is 3.55. The molecule has 0 aromatic carbocycles. The number of hydrogen-bond acceptors (Lipinski definition) is 3. The molecular weight excluding hydrogens is 182 g/mol. The first-order valence-corrected chi connectivity index (χ1v) is 5.09. The number of rotatable bonds is 2. The van der Waals surface area contributed by atoms with Gasteiger partial charge in [0.15, 0.2) is 5.78 Å². The molecule has 0 aromatic heterocycles. The second kappa shape index (κ2) is 4.44. The van der Waals surface area contributed by atoms with Gasteiger partial charge >= 0.3 is 6.09 Å². The molecule has 80 valence electrons. The van der Waals surface area contributed by atoms with Crippen molar-refractivity contribution < 1.29 is 14.3 Å². The van der Waals surface area contributed by atoms with Gasteiger partial charge < -0.3 is 4.74 Å². The standard InChI is InChI=1S/C10H17NO3/c1-4-8-9(12)6-7(3)11(8)10(13)14-5-2/h7-8H,4-6H2,1-3H3/t7-,8+/m0/s1. The van der Waals surface area contributed by atoms with E-state index in [9.17, 15) is 9.59 Å². The molecule has 0 aromatic rings. The van der Waals surface area contributed by atoms with Crippen LogP contribution in [-0.4, -0.2) is 35.5 Å². The van der Waals surface area contributed by atoms with Crippen LogP contribution in [0.2, 0.25) is 0 Å². The molecule has 2 atom stereocenters. The van der Waals surface area contributed by atoms with Crippen molar-refractivity contribution in [3.8, 4) is 0 Å². The molecule has 1 heterocycles. The summed E-state index contributed by atoms with van der Waals surface area (Å²) in [7, 11) is 0. The zero-order valence-corrected chi connectivity index (χ0v) is 8.95. The van der Waals surface area contributed by atoms with E-state index in [0.717, 1.165) is 0 Å². The van der Waals surface area contributed by atoms with Gasteiger partial charge in [-0.1, -0.05) is 6.92 Å². The Morgan fingerprint density at radius 3 is 2.71 bits per heavy atom. The zero-order chi connectivity index (χ0) is 10.7. The molecule has 1 amide bonds. The molecule has 1 saturated heterocycles. The number of ketones is 1. The Labute approximate surface area is 84.2 Å². The quantitative estimate of drug-likeness (QED) is 0.678. The molecule has 0 unspecified atom stereocenters. The fourth-order valence-corrected chi connectivity index (χ4v) is 1.92. The minimum Gasteiger partial charge on any atom is -0.450 e. The molecule has 0 spiro atoms. The number of amides is 1. The van der Waals surface area contributed by atoms with Gasteiger partial charge in [-0.15, -0.1) is 0 Å². The summed E-state index contributed by atoms with van der Waals surface area (Å²) in [6, 6.07) is -0.296. The minimum atomic E-state index is -0.363. The molecule has 4 nitrogen and oxygen atoms in total. The number of carbonyl (C=O) groups is 2. The third-order valence-electron chi connectivity index (χ3n) is 2.54. The first kappa shape index (κ1) is 11.0. The van der Waals surface area contributed by atoms with Crippen LogP contribution >= 0.6 is 0 Å². The van der Waals surface area contributed by atoms with Crippen LogP contribution in [0.5, 0.6) is 0 Å². The van der Waals surface area contributed by atoms with Gasteiger partial charge in [0.25, 0.3) is 0 Å². The molecule has 0 N–H and O–H groups in total. The van der Waals surface area contributed by atoms with Crippen molar-refractivity contribution in [1.82, 2.24) is 4.90 Å². The van der Waals surface area contributed by atoms with E-state index in [1.54, 1.807) is 11.8 Å². The summed E-state index contributed by atoms with van der Waals surface area (Å²) in [5, 5.41) is 0. The molecule has 0 aliphatic carbocycles. The lowest BCUT2D eigenvalue weighted by molar-refractivity contribution is -0.119. The van der Waals surface area contributed by atoms with Crippen molar-refractivity contribution in [1.29, 1.82) is 0 Å². The molecule has 1 aliphatic heterocycles. The Morgan fingerprint density at radius 2 is 2.21 bits per heavy atom. The average Bonchev–Trinajstić information content (AvgIpc) is 2.40. The highest BCUT2D eigenvalue weighted by molar-refractivity contribution is 5.91. The van der Waals surface area contributed by atoms with Gasteiger partial charge in [-0.3, -0.25) is 9.69 Å². The Kier molecular flexibility index (Phi) is 3.49. The van der Waals surface area contributed by atoms with Gasteiger partial charge in [0.2, 0.25) is 0 Å². The molecule has 1 aliphatic rings. The van der Waals surface area contributed by atoms with Crippen LogP contribution in [0.3, 0.4) is 0 Å². The van der Waals surface area contributed by atoms with E-state index in [1.165, 1.54) is 0 Å². The molecule has 0 saturated carbocycles. The fourth-order valence-electron chi connectivity index (χ4n) is 1.92. The van der Waals surface area contributed by atoms with Crippen LogP contribution in [0, 0.1) is 0 Å². The van der Waals surface area contributed by atoms with Crippen LogP contribution in [0.4, 0.5) is 4.79 Å². The fraction of sp³-hybridized carbons (Fsp3) is 0.800. The highest BCUT2D eigenvalue weighted by Crippen LogP contribution is 2.23. The van der Waals surface area contributed by atoms with Crippen molar-refractivity contribution >= 4 is 11.9 Å². The van der Waals surface area contributed by atoms with Crippen LogP contribution in [-0.2, 0) is 9.53 Å². The third-order valence-corrected chi connectivity index (χ3v) is 2.54. The van der Waals surface area contributed by atoms with E-state index in [1.807, 2.05) is 13.8 Å². The second-order valence-electron chi connectivity index (χ2n) is 3.55. The van der Waals surface area contributed by atoms with E-state index < -0.39 is 0 Å². The topological polar surface area (TPSA) is 46.6 Å². The lowest BCUT2D eigenvalue weighted by atomic mass is 10.1. The Hall–Kier alpha value is -1.06. The summed E-state index contributed by atoms with van der Waals surface area (Å²) in [6.45, 7) is 5.91. The van der Waals surface area contributed by atoms with Crippen LogP contribution in [0.25, 0.3) is 0 Å². The van der Waals surface area contributed by atoms with Gasteiger partial charge in [-0.25, -0.2) is 4.79 Å². The number of Topliss-reactive ketones (excluding diaryl/α,β-unsaturated/α-hetero) is 1. The van der Waals surface area contributed by atoms with Crippen molar-refractivity contribution in [3.63, 3.8) is 0 Å². The maximum absolute atomic E-state index is 11.5. The van der Waals surface area contributed by atoms with Crippen molar-refractivity contribution in [3.05, 3.63) is 0 Å². The predicted molar refractivity (Wildman–Crippen MR) is 52.0 cm³/mol. The first-order valence-electron chi connectivity index (χ1n) is 5.09. The Balaban J connectivity index is 2.74. The van der Waals surface area contributed by atoms with Crippen LogP contribution in [0.1, 0.15) is 33.6 Å². The van der Waals surface area contributed by atoms with Gasteiger partial charge in [0, 0.05) is 12.5 Å². The molecule has 1 fully saturated rings. The SMILES string of the molecule is CCOC(=O)N1[C@H](CC)C(=O)C[C@@H]1C. The smallest absolute Gasteiger partial charge is 0.410 e. The van der Waals surface area contributed by atoms with Gasteiger partial charge in [0.1, 0.15) is 0 Å². The lowest BCUT2D eigenvalue weighted by Crippen LogP contribution is -2.41. The largest absolute Gasteiger partial charge is 0.450 e. The molecule has 0 bridgehead atoms. The summed E-state index contributed by atoms with van der Waals surface area (Å²) < 4.78 is 4.91. The van der Waals surface area contributed by atoms with Crippen LogP contribution < -0.4 is 0 Å². The Bertz CT molecular complexity index is 240. The van der Waals surface area contributed by atoms with Crippen molar-refractivity contribution in [2.24, 2.45) is 0 Å². The van der Waals surface area contributed by atoms with E-state index >= 15 is 0 Å². The first-order chi connectivity index (χ1) is 6.61. The maximum atomic E-state index is 11.5. The van der Waals surface area contributed by atoms with E-state index in [0.29, 0.717) is 19.4 Å². The maximum Gasteiger partial charge on any atom is 0.410 e. The van der Waals surface area contributed by atoms with E-state index in [4.69, 9.17) is 4.74 Å². The molecule has 4 heteroatoms. The number of ether oxygens (including phenoxy) is 1. The van der Waals surface area contributed by atoms with E-state index in [-0.39, 0.29) is 24.0 Å². The summed E-state index contributed by atoms with van der Waals surface area (Å²) >= 11 is 0. The summed E-state index contributed by atoms with van der Waals surface area (Å²) in [6.07, 6.45) is 0.761. The van der Waals surface area contributed by atoms with Gasteiger partial charge in [-0.2, -0.15) is 0 Å². The molecule has 0 radical (unpaired) electrons. The summed E-state index contributed by atoms with van der Waals surface area (Å²) in [5.74, 6) is 0.146. The molecule has 1 rings (SSSR count). The monoisotopic (exact) mass is 199 g/mol. The van der Waals surface area contributed by atoms with Crippen molar-refractivity contribution in [2.75, 3.05) is 6.61 Å². The Morgan fingerprint density at radius 1 is 1.57 bits per heavy atom. The lowest BCUT2D eigenvalue weighted by Gasteiger charge is -2.25. The van der Waals surface area contributed by atoms with Gasteiger partial charge in [0.05, 0.1) is 12.6 Å². The summed E-state index contributed by atoms with van der Waals surface area (Å²) in [4.78, 5) is 24.6. The highest BCUT2D eigenvalue weighted by atomic mass is 16.6. The zero-order valence-electron chi connectivity index (χ0n) is 8.95. The predicted octanol–water partition coefficient (Wildman–Crippen LogP) is 1.58. The number of hydrogen-bond donors (Lipinski definition) is 0. The van der Waals surface area contributed by atoms with Crippen LogP contribution in [0.15, 0.2) is 0 Å². The normalized spacial score (nSPS) is 26.8. The molecule has 14 heavy (non-hydrogen) atoms.